The molecular formula is C24H42N4O3. The summed E-state index contributed by atoms with van der Waals surface area (Å²) in [5.41, 5.74) is 12.5. The highest BCUT2D eigenvalue weighted by Crippen LogP contribution is 2.24. The molecule has 1 aromatic rings. The number of carbonyl (C=O) groups excluding carboxylic acids is 2. The summed E-state index contributed by atoms with van der Waals surface area (Å²) in [7, 11) is 0. The molecule has 0 aromatic heterocycles. The van der Waals surface area contributed by atoms with Crippen LogP contribution in [0.1, 0.15) is 77.1 Å². The molecule has 2 unspecified atom stereocenters. The number of carbonyl (C=O) groups is 2. The fraction of sp³-hybridized carbons (Fsp3) is 0.667. The highest BCUT2D eigenvalue weighted by atomic mass is 16.5. The van der Waals surface area contributed by atoms with Crippen LogP contribution in [0.4, 0.5) is 5.69 Å². The van der Waals surface area contributed by atoms with E-state index in [9.17, 15) is 9.59 Å². The molecule has 7 nitrogen and oxygen atoms in total. The number of hydrogen-bond acceptors (Lipinski definition) is 5. The number of unbranched alkanes of at least 4 members (excludes halogenated alkanes) is 2. The van der Waals surface area contributed by atoms with E-state index in [1.165, 1.54) is 0 Å². The zero-order chi connectivity index (χ0) is 23.4. The van der Waals surface area contributed by atoms with Crippen LogP contribution in [0.3, 0.4) is 0 Å². The van der Waals surface area contributed by atoms with Crippen LogP contribution >= 0.6 is 0 Å². The first-order chi connectivity index (χ1) is 14.6. The first-order valence-corrected chi connectivity index (χ1v) is 11.5. The number of amides is 2. The highest BCUT2D eigenvalue weighted by molar-refractivity contribution is 6.00. The van der Waals surface area contributed by atoms with Crippen LogP contribution in [-0.4, -0.2) is 37.0 Å². The molecule has 0 aliphatic heterocycles. The second-order valence-electron chi connectivity index (χ2n) is 9.14. The van der Waals surface area contributed by atoms with Crippen LogP contribution in [-0.2, 0) is 4.79 Å². The summed E-state index contributed by atoms with van der Waals surface area (Å²) in [5, 5.41) is 5.86. The van der Waals surface area contributed by atoms with Gasteiger partial charge in [0, 0.05) is 11.7 Å². The van der Waals surface area contributed by atoms with Crippen LogP contribution in [0.5, 0.6) is 5.75 Å². The van der Waals surface area contributed by atoms with Crippen molar-refractivity contribution in [1.29, 1.82) is 0 Å². The number of hydrogen-bond donors (Lipinski definition) is 4. The number of ether oxygens (including phenoxy) is 1. The molecule has 0 aliphatic carbocycles. The van der Waals surface area contributed by atoms with E-state index in [0.29, 0.717) is 48.4 Å². The van der Waals surface area contributed by atoms with Crippen LogP contribution in [0, 0.1) is 11.8 Å². The Morgan fingerprint density at radius 2 is 1.68 bits per heavy atom. The van der Waals surface area contributed by atoms with Crippen molar-refractivity contribution in [2.24, 2.45) is 23.3 Å². The molecule has 0 fully saturated rings. The van der Waals surface area contributed by atoms with Crippen molar-refractivity contribution in [1.82, 2.24) is 5.32 Å². The molecule has 1 rings (SSSR count). The zero-order valence-electron chi connectivity index (χ0n) is 19.9. The van der Waals surface area contributed by atoms with E-state index in [-0.39, 0.29) is 17.9 Å². The third-order valence-corrected chi connectivity index (χ3v) is 4.86. The van der Waals surface area contributed by atoms with Gasteiger partial charge in [-0.25, -0.2) is 0 Å². The van der Waals surface area contributed by atoms with Gasteiger partial charge in [-0.1, -0.05) is 27.7 Å². The van der Waals surface area contributed by atoms with Crippen molar-refractivity contribution < 1.29 is 14.3 Å². The normalized spacial score (nSPS) is 13.2. The van der Waals surface area contributed by atoms with Crippen molar-refractivity contribution in [3.05, 3.63) is 23.8 Å². The second kappa shape index (κ2) is 14.0. The second-order valence-corrected chi connectivity index (χ2v) is 9.14. The molecule has 2 atom stereocenters. The maximum Gasteiger partial charge on any atom is 0.255 e. The van der Waals surface area contributed by atoms with Gasteiger partial charge in [-0.2, -0.15) is 0 Å². The fourth-order valence-electron chi connectivity index (χ4n) is 3.43. The lowest BCUT2D eigenvalue weighted by atomic mass is 10.0. The first kappa shape index (κ1) is 26.9. The summed E-state index contributed by atoms with van der Waals surface area (Å²) in [5.74, 6) is 0.823. The molecule has 0 aliphatic rings. The number of anilines is 1. The van der Waals surface area contributed by atoms with E-state index in [1.54, 1.807) is 18.2 Å². The SMILES string of the molecule is CC(C)CC(C)NC(=O)c1cc(NC(=O)C(N)CC(C)C)ccc1OCCCCCN. The molecule has 0 bridgehead atoms. The standard InChI is InChI=1S/C24H42N4O3/c1-16(2)13-18(5)27-23(29)20-15-19(28-24(30)21(26)14-17(3)4)9-10-22(20)31-12-8-6-7-11-25/h9-10,15-18,21H,6-8,11-14,25-26H2,1-5H3,(H,27,29)(H,28,30). The van der Waals surface area contributed by atoms with E-state index < -0.39 is 6.04 Å². The van der Waals surface area contributed by atoms with Crippen molar-refractivity contribution in [3.63, 3.8) is 0 Å². The summed E-state index contributed by atoms with van der Waals surface area (Å²) in [6.45, 7) is 11.4. The topological polar surface area (TPSA) is 119 Å². The maximum absolute atomic E-state index is 13.0. The van der Waals surface area contributed by atoms with Gasteiger partial charge in [0.05, 0.1) is 18.2 Å². The minimum atomic E-state index is -0.596. The lowest BCUT2D eigenvalue weighted by molar-refractivity contribution is -0.117. The molecular weight excluding hydrogens is 392 g/mol. The molecule has 31 heavy (non-hydrogen) atoms. The predicted molar refractivity (Wildman–Crippen MR) is 127 cm³/mol. The Morgan fingerprint density at radius 1 is 1.00 bits per heavy atom. The minimum absolute atomic E-state index is 0.0302. The number of rotatable bonds is 14. The number of benzene rings is 1. The molecule has 1 aromatic carbocycles. The Morgan fingerprint density at radius 3 is 2.29 bits per heavy atom. The average Bonchev–Trinajstić information content (AvgIpc) is 2.67. The predicted octanol–water partition coefficient (Wildman–Crippen LogP) is 3.67. The van der Waals surface area contributed by atoms with Gasteiger partial charge in [-0.15, -0.1) is 0 Å². The lowest BCUT2D eigenvalue weighted by Crippen LogP contribution is -2.37. The quantitative estimate of drug-likeness (QED) is 0.333. The molecule has 176 valence electrons. The summed E-state index contributed by atoms with van der Waals surface area (Å²) in [6, 6.07) is 4.56. The molecule has 0 saturated heterocycles. The molecule has 2 amide bonds. The molecule has 6 N–H and O–H groups in total. The molecule has 7 heteroatoms. The van der Waals surface area contributed by atoms with Gasteiger partial charge in [0.25, 0.3) is 5.91 Å². The van der Waals surface area contributed by atoms with Gasteiger partial charge >= 0.3 is 0 Å². The van der Waals surface area contributed by atoms with Crippen LogP contribution < -0.4 is 26.8 Å². The third kappa shape index (κ3) is 10.6. The zero-order valence-corrected chi connectivity index (χ0v) is 19.9. The summed E-state index contributed by atoms with van der Waals surface area (Å²) in [6.07, 6.45) is 4.26. The highest BCUT2D eigenvalue weighted by Gasteiger charge is 2.19. The maximum atomic E-state index is 13.0. The molecule has 0 heterocycles. The Hall–Kier alpha value is -2.12. The van der Waals surface area contributed by atoms with Crippen LogP contribution in [0.25, 0.3) is 0 Å². The van der Waals surface area contributed by atoms with Crippen LogP contribution in [0.15, 0.2) is 18.2 Å². The van der Waals surface area contributed by atoms with E-state index in [1.807, 2.05) is 20.8 Å². The molecule has 0 radical (unpaired) electrons. The molecule has 0 spiro atoms. The third-order valence-electron chi connectivity index (χ3n) is 4.86. The minimum Gasteiger partial charge on any atom is -0.493 e. The Balaban J connectivity index is 2.96. The van der Waals surface area contributed by atoms with Gasteiger partial charge in [-0.3, -0.25) is 9.59 Å². The molecule has 0 saturated carbocycles. The summed E-state index contributed by atoms with van der Waals surface area (Å²) >= 11 is 0. The van der Waals surface area contributed by atoms with Crippen LogP contribution in [0.2, 0.25) is 0 Å². The first-order valence-electron chi connectivity index (χ1n) is 11.5. The van der Waals surface area contributed by atoms with Gasteiger partial charge < -0.3 is 26.8 Å². The largest absolute Gasteiger partial charge is 0.493 e. The summed E-state index contributed by atoms with van der Waals surface area (Å²) in [4.78, 5) is 25.4. The Labute approximate surface area is 187 Å². The van der Waals surface area contributed by atoms with Gasteiger partial charge in [-0.05, 0) is 75.6 Å². The van der Waals surface area contributed by atoms with Crippen molar-refractivity contribution in [2.45, 2.75) is 78.8 Å². The van der Waals surface area contributed by atoms with E-state index in [0.717, 1.165) is 25.7 Å². The smallest absolute Gasteiger partial charge is 0.255 e. The Bertz CT molecular complexity index is 691. The van der Waals surface area contributed by atoms with Gasteiger partial charge in [0.2, 0.25) is 5.91 Å². The van der Waals surface area contributed by atoms with Gasteiger partial charge in [0.1, 0.15) is 5.75 Å². The Kier molecular flexibility index (Phi) is 12.2. The average molecular weight is 435 g/mol. The van der Waals surface area contributed by atoms with Crippen molar-refractivity contribution in [3.8, 4) is 5.75 Å². The summed E-state index contributed by atoms with van der Waals surface area (Å²) < 4.78 is 5.89. The monoisotopic (exact) mass is 434 g/mol. The van der Waals surface area contributed by atoms with Gasteiger partial charge in [0.15, 0.2) is 0 Å². The van der Waals surface area contributed by atoms with Crippen molar-refractivity contribution >= 4 is 17.5 Å². The van der Waals surface area contributed by atoms with E-state index in [2.05, 4.69) is 24.5 Å². The van der Waals surface area contributed by atoms with E-state index in [4.69, 9.17) is 16.2 Å². The number of nitrogens with two attached hydrogens (primary N) is 2. The lowest BCUT2D eigenvalue weighted by Gasteiger charge is -2.19. The number of nitrogens with one attached hydrogen (secondary N) is 2. The van der Waals surface area contributed by atoms with E-state index >= 15 is 0 Å². The van der Waals surface area contributed by atoms with Crippen molar-refractivity contribution in [2.75, 3.05) is 18.5 Å². The fourth-order valence-corrected chi connectivity index (χ4v) is 3.43.